The summed E-state index contributed by atoms with van der Waals surface area (Å²) < 4.78 is 5.04. The quantitative estimate of drug-likeness (QED) is 0.309. The highest BCUT2D eigenvalue weighted by Gasteiger charge is 2.37. The van der Waals surface area contributed by atoms with E-state index < -0.39 is 22.7 Å². The maximum atomic E-state index is 12.2. The largest absolute Gasteiger partial charge is 0.478 e. The lowest BCUT2D eigenvalue weighted by Crippen LogP contribution is -2.35. The monoisotopic (exact) mass is 403 g/mol. The average molecular weight is 403 g/mol. The summed E-state index contributed by atoms with van der Waals surface area (Å²) in [6.07, 6.45) is 2.37. The van der Waals surface area contributed by atoms with E-state index in [9.17, 15) is 24.8 Å². The number of rotatable bonds is 10. The molecule has 0 aliphatic carbocycles. The van der Waals surface area contributed by atoms with Crippen LogP contribution in [0.4, 0.5) is 5.69 Å². The normalized spacial score (nSPS) is 16.6. The van der Waals surface area contributed by atoms with E-state index in [-0.39, 0.29) is 16.8 Å². The highest BCUT2D eigenvalue weighted by atomic mass is 16.6. The second kappa shape index (κ2) is 9.83. The van der Waals surface area contributed by atoms with Crippen molar-refractivity contribution in [1.29, 1.82) is 0 Å². The molecule has 1 heterocycles. The van der Waals surface area contributed by atoms with E-state index in [0.717, 1.165) is 6.42 Å². The van der Waals surface area contributed by atoms with E-state index in [4.69, 9.17) is 10.5 Å². The number of primary amides is 1. The Hall–Kier alpha value is -3.20. The number of unbranched alkanes of at least 4 members (excludes halogenated alkanes) is 1. The van der Waals surface area contributed by atoms with Crippen molar-refractivity contribution in [3.63, 3.8) is 0 Å². The molecular formula is C20H25N3O6. The third kappa shape index (κ3) is 5.00. The summed E-state index contributed by atoms with van der Waals surface area (Å²) in [5, 5.41) is 24.0. The van der Waals surface area contributed by atoms with Crippen molar-refractivity contribution in [2.24, 2.45) is 5.73 Å². The number of carbonyl (C=O) groups excluding carboxylic acids is 1. The van der Waals surface area contributed by atoms with Crippen LogP contribution in [-0.4, -0.2) is 35.6 Å². The van der Waals surface area contributed by atoms with Gasteiger partial charge >= 0.3 is 5.97 Å². The van der Waals surface area contributed by atoms with Crippen LogP contribution >= 0.6 is 0 Å². The zero-order chi connectivity index (χ0) is 21.6. The Morgan fingerprint density at radius 1 is 1.21 bits per heavy atom. The number of nitro benzene ring substituents is 1. The smallest absolute Gasteiger partial charge is 0.334 e. The fourth-order valence-electron chi connectivity index (χ4n) is 3.50. The van der Waals surface area contributed by atoms with E-state index >= 15 is 0 Å². The Bertz CT molecular complexity index is 857. The predicted octanol–water partition coefficient (Wildman–Crippen LogP) is 2.59. The van der Waals surface area contributed by atoms with Crippen LogP contribution in [0.1, 0.15) is 44.1 Å². The number of nitrogens with two attached hydrogens (primary N) is 1. The molecule has 4 N–H and O–H groups in total. The number of allylic oxidation sites excluding steroid dienone is 2. The van der Waals surface area contributed by atoms with Gasteiger partial charge in [-0.25, -0.2) is 4.79 Å². The van der Waals surface area contributed by atoms with Gasteiger partial charge in [0.2, 0.25) is 5.91 Å². The van der Waals surface area contributed by atoms with E-state index in [1.54, 1.807) is 7.11 Å². The fraction of sp³-hybridized carbons (Fsp3) is 0.400. The summed E-state index contributed by atoms with van der Waals surface area (Å²) in [4.78, 5) is 34.8. The van der Waals surface area contributed by atoms with Crippen LogP contribution in [0, 0.1) is 10.1 Å². The number of amides is 1. The van der Waals surface area contributed by atoms with Gasteiger partial charge in [0.05, 0.1) is 16.4 Å². The molecule has 9 heteroatoms. The topological polar surface area (TPSA) is 145 Å². The molecule has 156 valence electrons. The Morgan fingerprint density at radius 3 is 2.34 bits per heavy atom. The molecule has 1 unspecified atom stereocenters. The van der Waals surface area contributed by atoms with Gasteiger partial charge in [0.1, 0.15) is 0 Å². The Kier molecular flexibility index (Phi) is 7.49. The number of hydrogen-bond acceptors (Lipinski definition) is 6. The predicted molar refractivity (Wildman–Crippen MR) is 106 cm³/mol. The zero-order valence-corrected chi connectivity index (χ0v) is 16.4. The number of carbonyl (C=O) groups is 2. The van der Waals surface area contributed by atoms with Crippen molar-refractivity contribution in [3.05, 3.63) is 62.5 Å². The minimum Gasteiger partial charge on any atom is -0.478 e. The molecule has 0 spiro atoms. The van der Waals surface area contributed by atoms with Crippen molar-refractivity contribution in [1.82, 2.24) is 5.32 Å². The van der Waals surface area contributed by atoms with Crippen LogP contribution in [0.5, 0.6) is 0 Å². The van der Waals surface area contributed by atoms with Gasteiger partial charge in [0.25, 0.3) is 5.69 Å². The van der Waals surface area contributed by atoms with Gasteiger partial charge in [0, 0.05) is 42.8 Å². The van der Waals surface area contributed by atoms with Crippen LogP contribution in [0.2, 0.25) is 0 Å². The molecule has 0 bridgehead atoms. The minimum atomic E-state index is -1.17. The summed E-state index contributed by atoms with van der Waals surface area (Å²) in [6, 6.07) is 5.52. The number of aliphatic carboxylic acids is 1. The molecule has 1 amide bonds. The second-order valence-electron chi connectivity index (χ2n) is 6.66. The van der Waals surface area contributed by atoms with E-state index in [0.29, 0.717) is 42.8 Å². The van der Waals surface area contributed by atoms with Gasteiger partial charge in [0.15, 0.2) is 0 Å². The third-order valence-corrected chi connectivity index (χ3v) is 4.84. The van der Waals surface area contributed by atoms with Gasteiger partial charge in [-0.3, -0.25) is 14.9 Å². The molecule has 2 rings (SSSR count). The van der Waals surface area contributed by atoms with Crippen molar-refractivity contribution in [2.75, 3.05) is 13.7 Å². The minimum absolute atomic E-state index is 0.0299. The number of nitrogens with zero attached hydrogens (tertiary/aromatic N) is 1. The Labute approximate surface area is 168 Å². The zero-order valence-electron chi connectivity index (χ0n) is 16.4. The summed E-state index contributed by atoms with van der Waals surface area (Å²) >= 11 is 0. The van der Waals surface area contributed by atoms with E-state index in [2.05, 4.69) is 5.32 Å². The number of carboxylic acids is 1. The molecule has 0 aromatic heterocycles. The lowest BCUT2D eigenvalue weighted by atomic mass is 9.78. The van der Waals surface area contributed by atoms with Gasteiger partial charge < -0.3 is 20.9 Å². The maximum absolute atomic E-state index is 12.2. The fourth-order valence-corrected chi connectivity index (χ4v) is 3.50. The summed E-state index contributed by atoms with van der Waals surface area (Å²) in [5.41, 5.74) is 7.22. The SMILES string of the molecule is CCC1=C(C(N)=O)C(c2ccc([N+](=O)[O-])cc2)C(C(=O)O)=C(CCCCOC)N1. The van der Waals surface area contributed by atoms with E-state index in [1.165, 1.54) is 24.3 Å². The van der Waals surface area contributed by atoms with Crippen LogP contribution in [-0.2, 0) is 14.3 Å². The molecule has 1 aliphatic heterocycles. The van der Waals surface area contributed by atoms with Crippen LogP contribution in [0.15, 0.2) is 46.8 Å². The molecule has 1 aromatic rings. The number of carboxylic acid groups (broad SMARTS) is 1. The van der Waals surface area contributed by atoms with Gasteiger partial charge in [-0.15, -0.1) is 0 Å². The molecular weight excluding hydrogens is 378 g/mol. The van der Waals surface area contributed by atoms with Crippen molar-refractivity contribution in [2.45, 2.75) is 38.5 Å². The number of benzene rings is 1. The first-order valence-electron chi connectivity index (χ1n) is 9.31. The number of ether oxygens (including phenoxy) is 1. The Balaban J connectivity index is 2.58. The average Bonchev–Trinajstić information content (AvgIpc) is 2.69. The molecule has 0 saturated heterocycles. The third-order valence-electron chi connectivity index (χ3n) is 4.84. The first-order chi connectivity index (χ1) is 13.8. The Morgan fingerprint density at radius 2 is 1.86 bits per heavy atom. The van der Waals surface area contributed by atoms with Crippen molar-refractivity contribution < 1.29 is 24.4 Å². The van der Waals surface area contributed by atoms with Crippen molar-refractivity contribution in [3.8, 4) is 0 Å². The number of nitrogens with one attached hydrogen (secondary N) is 1. The molecule has 1 aromatic carbocycles. The summed E-state index contributed by atoms with van der Waals surface area (Å²) in [6.45, 7) is 2.40. The van der Waals surface area contributed by atoms with Gasteiger partial charge in [-0.05, 0) is 31.2 Å². The molecule has 0 radical (unpaired) electrons. The molecule has 0 saturated carbocycles. The highest BCUT2D eigenvalue weighted by Crippen LogP contribution is 2.40. The van der Waals surface area contributed by atoms with Crippen LogP contribution in [0.25, 0.3) is 0 Å². The number of hydrogen-bond donors (Lipinski definition) is 3. The molecule has 0 fully saturated rings. The number of non-ortho nitro benzene ring substituents is 1. The second-order valence-corrected chi connectivity index (χ2v) is 6.66. The lowest BCUT2D eigenvalue weighted by molar-refractivity contribution is -0.384. The number of methoxy groups -OCH3 is 1. The molecule has 1 aliphatic rings. The van der Waals surface area contributed by atoms with Gasteiger partial charge in [-0.1, -0.05) is 19.1 Å². The maximum Gasteiger partial charge on any atom is 0.334 e. The summed E-state index contributed by atoms with van der Waals surface area (Å²) in [5.74, 6) is -2.80. The molecule has 9 nitrogen and oxygen atoms in total. The van der Waals surface area contributed by atoms with Gasteiger partial charge in [-0.2, -0.15) is 0 Å². The molecule has 29 heavy (non-hydrogen) atoms. The summed E-state index contributed by atoms with van der Waals surface area (Å²) in [7, 11) is 1.60. The number of dihydropyridines is 1. The van der Waals surface area contributed by atoms with Crippen molar-refractivity contribution >= 4 is 17.6 Å². The van der Waals surface area contributed by atoms with Crippen LogP contribution < -0.4 is 11.1 Å². The molecule has 1 atom stereocenters. The lowest BCUT2D eigenvalue weighted by Gasteiger charge is -2.31. The standard InChI is InChI=1S/C20H25N3O6/c1-3-14-17(19(21)24)16(12-7-9-13(10-8-12)23(27)28)18(20(25)26)15(22-14)6-4-5-11-29-2/h7-10,16,22H,3-6,11H2,1-2H3,(H2,21,24)(H,25,26). The highest BCUT2D eigenvalue weighted by molar-refractivity contribution is 6.01. The number of nitro groups is 1. The van der Waals surface area contributed by atoms with Crippen LogP contribution in [0.3, 0.4) is 0 Å². The first kappa shape index (κ1) is 22.1. The van der Waals surface area contributed by atoms with E-state index in [1.807, 2.05) is 6.92 Å². The first-order valence-corrected chi connectivity index (χ1v) is 9.31.